The second kappa shape index (κ2) is 9.40. The molecule has 0 radical (unpaired) electrons. The van der Waals surface area contributed by atoms with Gasteiger partial charge in [-0.1, -0.05) is 19.9 Å². The lowest BCUT2D eigenvalue weighted by molar-refractivity contribution is -0.113. The van der Waals surface area contributed by atoms with Crippen LogP contribution in [0.1, 0.15) is 19.4 Å². The molecule has 0 fully saturated rings. The Bertz CT molecular complexity index is 466. The van der Waals surface area contributed by atoms with Gasteiger partial charge in [-0.2, -0.15) is 17.0 Å². The summed E-state index contributed by atoms with van der Waals surface area (Å²) in [5.74, 6) is 1.37. The van der Waals surface area contributed by atoms with Crippen LogP contribution >= 0.6 is 11.8 Å². The molecule has 1 aromatic carbocycles. The normalized spacial score (nSPS) is 10.3. The number of rotatable bonds is 8. The van der Waals surface area contributed by atoms with E-state index in [-0.39, 0.29) is 5.91 Å². The van der Waals surface area contributed by atoms with Crippen molar-refractivity contribution in [3.8, 4) is 6.07 Å². The Balaban J connectivity index is 2.28. The first-order valence-corrected chi connectivity index (χ1v) is 7.95. The highest BCUT2D eigenvalue weighted by Gasteiger charge is 2.04. The Morgan fingerprint density at radius 1 is 1.40 bits per heavy atom. The van der Waals surface area contributed by atoms with Crippen molar-refractivity contribution in [3.05, 3.63) is 29.8 Å². The lowest BCUT2D eigenvalue weighted by Crippen LogP contribution is -2.26. The molecule has 0 spiro atoms. The number of nitrogens with zero attached hydrogens (tertiary/aromatic N) is 2. The fourth-order valence-electron chi connectivity index (χ4n) is 1.76. The van der Waals surface area contributed by atoms with Gasteiger partial charge in [0, 0.05) is 18.0 Å². The Morgan fingerprint density at radius 3 is 2.80 bits per heavy atom. The minimum Gasteiger partial charge on any atom is -0.325 e. The summed E-state index contributed by atoms with van der Waals surface area (Å²) in [6.07, 6.45) is 0. The van der Waals surface area contributed by atoms with Crippen molar-refractivity contribution in [1.82, 2.24) is 4.90 Å². The number of hydrogen-bond acceptors (Lipinski definition) is 4. The van der Waals surface area contributed by atoms with Gasteiger partial charge in [-0.05, 0) is 31.3 Å². The molecular formula is C15H21N3OS. The molecule has 0 aliphatic rings. The van der Waals surface area contributed by atoms with Gasteiger partial charge in [0.2, 0.25) is 5.91 Å². The zero-order valence-electron chi connectivity index (χ0n) is 12.1. The van der Waals surface area contributed by atoms with Crippen LogP contribution < -0.4 is 5.32 Å². The zero-order chi connectivity index (χ0) is 14.8. The summed E-state index contributed by atoms with van der Waals surface area (Å²) in [4.78, 5) is 14.1. The predicted octanol–water partition coefficient (Wildman–Crippen LogP) is 2.57. The molecule has 0 unspecified atom stereocenters. The molecule has 5 heteroatoms. The summed E-state index contributed by atoms with van der Waals surface area (Å²) in [5.41, 5.74) is 1.23. The molecule has 1 amide bonds. The van der Waals surface area contributed by atoms with Gasteiger partial charge in [-0.15, -0.1) is 0 Å². The summed E-state index contributed by atoms with van der Waals surface area (Å²) in [6.45, 7) is 7.38. The maximum atomic E-state index is 11.8. The Kier molecular flexibility index (Phi) is 7.78. The van der Waals surface area contributed by atoms with E-state index in [1.807, 2.05) is 0 Å². The third-order valence-electron chi connectivity index (χ3n) is 2.95. The number of amides is 1. The lowest BCUT2D eigenvalue weighted by Gasteiger charge is -2.17. The van der Waals surface area contributed by atoms with E-state index >= 15 is 0 Å². The number of carbonyl (C=O) groups excluding carboxylic acids is 1. The van der Waals surface area contributed by atoms with E-state index in [9.17, 15) is 4.79 Å². The van der Waals surface area contributed by atoms with E-state index in [1.54, 1.807) is 36.0 Å². The number of hydrogen-bond donors (Lipinski definition) is 1. The van der Waals surface area contributed by atoms with Gasteiger partial charge in [-0.3, -0.25) is 4.79 Å². The highest BCUT2D eigenvalue weighted by atomic mass is 32.2. The second-order valence-electron chi connectivity index (χ2n) is 4.32. The number of thioether (sulfide) groups is 1. The number of nitriles is 1. The van der Waals surface area contributed by atoms with Gasteiger partial charge in [0.05, 0.1) is 17.4 Å². The summed E-state index contributed by atoms with van der Waals surface area (Å²) in [6, 6.07) is 9.01. The van der Waals surface area contributed by atoms with Crippen LogP contribution in [0.5, 0.6) is 0 Å². The van der Waals surface area contributed by atoms with Gasteiger partial charge >= 0.3 is 0 Å². The average Bonchev–Trinajstić information content (AvgIpc) is 2.47. The van der Waals surface area contributed by atoms with E-state index in [0.29, 0.717) is 17.0 Å². The van der Waals surface area contributed by atoms with Crippen LogP contribution in [-0.4, -0.2) is 41.9 Å². The second-order valence-corrected chi connectivity index (χ2v) is 5.43. The molecule has 0 bridgehead atoms. The smallest absolute Gasteiger partial charge is 0.234 e. The van der Waals surface area contributed by atoms with Crippen LogP contribution in [-0.2, 0) is 4.79 Å². The number of benzene rings is 1. The first-order valence-electron chi connectivity index (χ1n) is 6.79. The number of carbonyl (C=O) groups is 1. The maximum Gasteiger partial charge on any atom is 0.234 e. The molecule has 1 N–H and O–H groups in total. The van der Waals surface area contributed by atoms with Gasteiger partial charge in [0.1, 0.15) is 0 Å². The summed E-state index contributed by atoms with van der Waals surface area (Å²) >= 11 is 1.63. The molecule has 0 atom stereocenters. The van der Waals surface area contributed by atoms with Crippen molar-refractivity contribution in [3.63, 3.8) is 0 Å². The number of nitrogens with one attached hydrogen (secondary N) is 1. The average molecular weight is 291 g/mol. The van der Waals surface area contributed by atoms with E-state index < -0.39 is 0 Å². The van der Waals surface area contributed by atoms with Gasteiger partial charge in [-0.25, -0.2) is 0 Å². The monoisotopic (exact) mass is 291 g/mol. The predicted molar refractivity (Wildman–Crippen MR) is 84.9 cm³/mol. The summed E-state index contributed by atoms with van der Waals surface area (Å²) in [5, 5.41) is 11.6. The molecule has 0 saturated heterocycles. The lowest BCUT2D eigenvalue weighted by atomic mass is 10.2. The Hall–Kier alpha value is -1.51. The van der Waals surface area contributed by atoms with Crippen molar-refractivity contribution in [2.45, 2.75) is 13.8 Å². The highest BCUT2D eigenvalue weighted by molar-refractivity contribution is 7.99. The zero-order valence-corrected chi connectivity index (χ0v) is 12.9. The van der Waals surface area contributed by atoms with Crippen LogP contribution in [0.4, 0.5) is 5.69 Å². The van der Waals surface area contributed by atoms with Gasteiger partial charge < -0.3 is 10.2 Å². The molecular weight excluding hydrogens is 270 g/mol. The van der Waals surface area contributed by atoms with Gasteiger partial charge in [0.25, 0.3) is 0 Å². The highest BCUT2D eigenvalue weighted by Crippen LogP contribution is 2.10. The molecule has 0 aliphatic carbocycles. The molecule has 20 heavy (non-hydrogen) atoms. The third-order valence-corrected chi connectivity index (χ3v) is 3.89. The fraction of sp³-hybridized carbons (Fsp3) is 0.467. The Labute approximate surface area is 125 Å². The van der Waals surface area contributed by atoms with Crippen molar-refractivity contribution < 1.29 is 4.79 Å². The number of anilines is 1. The summed E-state index contributed by atoms with van der Waals surface area (Å²) in [7, 11) is 0. The van der Waals surface area contributed by atoms with E-state index in [1.165, 1.54) is 0 Å². The third kappa shape index (κ3) is 6.09. The first kappa shape index (κ1) is 16.5. The van der Waals surface area contributed by atoms with Crippen LogP contribution in [0.2, 0.25) is 0 Å². The molecule has 0 saturated carbocycles. The van der Waals surface area contributed by atoms with Crippen LogP contribution in [0.15, 0.2) is 24.3 Å². The molecule has 0 heterocycles. The van der Waals surface area contributed by atoms with Gasteiger partial charge in [0.15, 0.2) is 0 Å². The standard InChI is InChI=1S/C15H21N3OS/c1-3-18(4-2)8-9-20-12-15(19)17-14-7-5-6-13(10-14)11-16/h5-7,10H,3-4,8-9,12H2,1-2H3,(H,17,19). The minimum atomic E-state index is -0.0235. The molecule has 1 rings (SSSR count). The van der Waals surface area contributed by atoms with E-state index in [0.717, 1.165) is 25.4 Å². The molecule has 108 valence electrons. The molecule has 4 nitrogen and oxygen atoms in total. The maximum absolute atomic E-state index is 11.8. The topological polar surface area (TPSA) is 56.1 Å². The van der Waals surface area contributed by atoms with Crippen LogP contribution in [0, 0.1) is 11.3 Å². The van der Waals surface area contributed by atoms with Crippen LogP contribution in [0.3, 0.4) is 0 Å². The largest absolute Gasteiger partial charge is 0.325 e. The van der Waals surface area contributed by atoms with Crippen LogP contribution in [0.25, 0.3) is 0 Å². The molecule has 0 aliphatic heterocycles. The van der Waals surface area contributed by atoms with Crippen molar-refractivity contribution in [1.29, 1.82) is 5.26 Å². The van der Waals surface area contributed by atoms with Crippen molar-refractivity contribution in [2.24, 2.45) is 0 Å². The van der Waals surface area contributed by atoms with E-state index in [4.69, 9.17) is 5.26 Å². The minimum absolute atomic E-state index is 0.0235. The summed E-state index contributed by atoms with van der Waals surface area (Å²) < 4.78 is 0. The Morgan fingerprint density at radius 2 is 2.15 bits per heavy atom. The van der Waals surface area contributed by atoms with Crippen molar-refractivity contribution >= 4 is 23.4 Å². The molecule has 0 aromatic heterocycles. The quantitative estimate of drug-likeness (QED) is 0.748. The van der Waals surface area contributed by atoms with E-state index in [2.05, 4.69) is 30.1 Å². The first-order chi connectivity index (χ1) is 9.69. The molecule has 1 aromatic rings. The SMILES string of the molecule is CCN(CC)CCSCC(=O)Nc1cccc(C#N)c1. The van der Waals surface area contributed by atoms with Crippen molar-refractivity contribution in [2.75, 3.05) is 36.5 Å². The fourth-order valence-corrected chi connectivity index (χ4v) is 2.55.